The Morgan fingerprint density at radius 1 is 1.10 bits per heavy atom. The summed E-state index contributed by atoms with van der Waals surface area (Å²) in [4.78, 5) is 27.2. The van der Waals surface area contributed by atoms with Crippen LogP contribution in [0.2, 0.25) is 0 Å². The molecule has 0 bridgehead atoms. The second kappa shape index (κ2) is 7.04. The van der Waals surface area contributed by atoms with E-state index in [1.807, 2.05) is 31.2 Å². The molecule has 6 nitrogen and oxygen atoms in total. The van der Waals surface area contributed by atoms with Crippen LogP contribution in [-0.2, 0) is 0 Å². The predicted octanol–water partition coefficient (Wildman–Crippen LogP) is 1.90. The lowest BCUT2D eigenvalue weighted by atomic mass is 10.2. The number of hydrogen-bond acceptors (Lipinski definition) is 3. The molecule has 0 atom stereocenters. The lowest BCUT2D eigenvalue weighted by molar-refractivity contribution is 0.0952. The molecule has 6 heteroatoms. The van der Waals surface area contributed by atoms with Gasteiger partial charge in [0.15, 0.2) is 0 Å². The number of hydrogen-bond donors (Lipinski definition) is 3. The molecule has 21 heavy (non-hydrogen) atoms. The van der Waals surface area contributed by atoms with Crippen LogP contribution in [0.25, 0.3) is 0 Å². The van der Waals surface area contributed by atoms with Gasteiger partial charge in [0, 0.05) is 18.1 Å². The van der Waals surface area contributed by atoms with Gasteiger partial charge in [-0.3, -0.25) is 9.78 Å². The van der Waals surface area contributed by atoms with Gasteiger partial charge in [-0.05, 0) is 31.2 Å². The second-order valence-electron chi connectivity index (χ2n) is 4.42. The molecule has 2 aromatic rings. The Morgan fingerprint density at radius 3 is 2.52 bits per heavy atom. The van der Waals surface area contributed by atoms with Crippen molar-refractivity contribution in [1.29, 1.82) is 0 Å². The van der Waals surface area contributed by atoms with Crippen LogP contribution in [0.5, 0.6) is 0 Å². The normalized spacial score (nSPS) is 9.76. The van der Waals surface area contributed by atoms with Crippen LogP contribution >= 0.6 is 0 Å². The zero-order chi connectivity index (χ0) is 15.1. The summed E-state index contributed by atoms with van der Waals surface area (Å²) in [6.07, 6.45) is 3.05. The minimum Gasteiger partial charge on any atom is -0.335 e. The number of amides is 3. The van der Waals surface area contributed by atoms with Gasteiger partial charge in [-0.15, -0.1) is 0 Å². The summed E-state index contributed by atoms with van der Waals surface area (Å²) in [5.74, 6) is -0.293. The summed E-state index contributed by atoms with van der Waals surface area (Å²) in [6.45, 7) is 2.00. The SMILES string of the molecule is Cc1ccc(NC(=O)NCNC(=O)c2cccnc2)cc1. The molecule has 3 amide bonds. The molecule has 0 aliphatic carbocycles. The maximum atomic E-state index is 11.7. The van der Waals surface area contributed by atoms with Gasteiger partial charge < -0.3 is 16.0 Å². The molecule has 0 unspecified atom stereocenters. The number of nitrogens with one attached hydrogen (secondary N) is 3. The van der Waals surface area contributed by atoms with Crippen molar-refractivity contribution in [2.75, 3.05) is 12.0 Å². The number of carbonyl (C=O) groups is 2. The Labute approximate surface area is 122 Å². The number of nitrogens with zero attached hydrogens (tertiary/aromatic N) is 1. The summed E-state index contributed by atoms with van der Waals surface area (Å²) >= 11 is 0. The monoisotopic (exact) mass is 284 g/mol. The molecule has 1 heterocycles. The van der Waals surface area contributed by atoms with E-state index in [9.17, 15) is 9.59 Å². The van der Waals surface area contributed by atoms with Crippen molar-refractivity contribution in [3.05, 3.63) is 59.9 Å². The van der Waals surface area contributed by atoms with E-state index in [0.29, 0.717) is 11.3 Å². The fourth-order valence-electron chi connectivity index (χ4n) is 1.62. The highest BCUT2D eigenvalue weighted by atomic mass is 16.2. The van der Waals surface area contributed by atoms with Crippen molar-refractivity contribution in [3.8, 4) is 0 Å². The highest BCUT2D eigenvalue weighted by molar-refractivity contribution is 5.94. The number of benzene rings is 1. The third-order valence-electron chi connectivity index (χ3n) is 2.73. The largest absolute Gasteiger partial charge is 0.335 e. The van der Waals surface area contributed by atoms with Gasteiger partial charge in [0.25, 0.3) is 5.91 Å². The predicted molar refractivity (Wildman–Crippen MR) is 79.9 cm³/mol. The third kappa shape index (κ3) is 4.61. The maximum Gasteiger partial charge on any atom is 0.320 e. The number of urea groups is 1. The quantitative estimate of drug-likeness (QED) is 0.750. The Bertz CT molecular complexity index is 611. The van der Waals surface area contributed by atoms with Crippen LogP contribution in [0.4, 0.5) is 10.5 Å². The van der Waals surface area contributed by atoms with Crippen LogP contribution in [0.1, 0.15) is 15.9 Å². The van der Waals surface area contributed by atoms with Crippen molar-refractivity contribution < 1.29 is 9.59 Å². The van der Waals surface area contributed by atoms with Gasteiger partial charge in [-0.25, -0.2) is 4.79 Å². The molecule has 0 aliphatic heterocycles. The molecule has 0 radical (unpaired) electrons. The summed E-state index contributed by atoms with van der Waals surface area (Å²) in [7, 11) is 0. The van der Waals surface area contributed by atoms with Crippen molar-refractivity contribution in [2.45, 2.75) is 6.92 Å². The first kappa shape index (κ1) is 14.5. The summed E-state index contributed by atoms with van der Waals surface area (Å²) in [6, 6.07) is 10.4. The Hall–Kier alpha value is -2.89. The topological polar surface area (TPSA) is 83.1 Å². The molecule has 0 spiro atoms. The van der Waals surface area contributed by atoms with Crippen molar-refractivity contribution in [1.82, 2.24) is 15.6 Å². The summed E-state index contributed by atoms with van der Waals surface area (Å²) < 4.78 is 0. The van der Waals surface area contributed by atoms with E-state index >= 15 is 0 Å². The molecule has 0 saturated heterocycles. The standard InChI is InChI=1S/C15H16N4O2/c1-11-4-6-13(7-5-11)19-15(21)18-10-17-14(20)12-3-2-8-16-9-12/h2-9H,10H2,1H3,(H,17,20)(H2,18,19,21). The first-order valence-electron chi connectivity index (χ1n) is 6.45. The molecular formula is C15H16N4O2. The number of pyridine rings is 1. The molecule has 0 fully saturated rings. The average Bonchev–Trinajstić information content (AvgIpc) is 2.50. The van der Waals surface area contributed by atoms with Crippen LogP contribution in [0.3, 0.4) is 0 Å². The fraction of sp³-hybridized carbons (Fsp3) is 0.133. The molecular weight excluding hydrogens is 268 g/mol. The molecule has 108 valence electrons. The molecule has 2 rings (SSSR count). The van der Waals surface area contributed by atoms with E-state index < -0.39 is 0 Å². The van der Waals surface area contributed by atoms with Crippen molar-refractivity contribution >= 4 is 17.6 Å². The molecule has 0 saturated carbocycles. The summed E-state index contributed by atoms with van der Waals surface area (Å²) in [5, 5.41) is 7.79. The van der Waals surface area contributed by atoms with Gasteiger partial charge in [-0.1, -0.05) is 17.7 Å². The van der Waals surface area contributed by atoms with E-state index in [2.05, 4.69) is 20.9 Å². The minimum atomic E-state index is -0.384. The van der Waals surface area contributed by atoms with Crippen LogP contribution in [0, 0.1) is 6.92 Å². The van der Waals surface area contributed by atoms with Crippen molar-refractivity contribution in [3.63, 3.8) is 0 Å². The number of aryl methyl sites for hydroxylation is 1. The van der Waals surface area contributed by atoms with Gasteiger partial charge in [0.2, 0.25) is 0 Å². The van der Waals surface area contributed by atoms with Crippen molar-refractivity contribution in [2.24, 2.45) is 0 Å². The van der Waals surface area contributed by atoms with Crippen LogP contribution < -0.4 is 16.0 Å². The number of rotatable bonds is 4. The zero-order valence-electron chi connectivity index (χ0n) is 11.6. The lowest BCUT2D eigenvalue weighted by Crippen LogP contribution is -2.39. The first-order chi connectivity index (χ1) is 10.1. The highest BCUT2D eigenvalue weighted by Crippen LogP contribution is 2.07. The zero-order valence-corrected chi connectivity index (χ0v) is 11.6. The molecule has 3 N–H and O–H groups in total. The smallest absolute Gasteiger partial charge is 0.320 e. The Balaban J connectivity index is 1.74. The number of aromatic nitrogens is 1. The van der Waals surface area contributed by atoms with Gasteiger partial charge in [-0.2, -0.15) is 0 Å². The van der Waals surface area contributed by atoms with Gasteiger partial charge in [0.1, 0.15) is 0 Å². The van der Waals surface area contributed by atoms with E-state index in [4.69, 9.17) is 0 Å². The van der Waals surface area contributed by atoms with Gasteiger partial charge >= 0.3 is 6.03 Å². The second-order valence-corrected chi connectivity index (χ2v) is 4.42. The molecule has 1 aromatic carbocycles. The molecule has 1 aromatic heterocycles. The van der Waals surface area contributed by atoms with E-state index in [1.165, 1.54) is 6.20 Å². The van der Waals surface area contributed by atoms with Crippen LogP contribution in [-0.4, -0.2) is 23.6 Å². The lowest BCUT2D eigenvalue weighted by Gasteiger charge is -2.09. The maximum absolute atomic E-state index is 11.7. The fourth-order valence-corrected chi connectivity index (χ4v) is 1.62. The average molecular weight is 284 g/mol. The Kier molecular flexibility index (Phi) is 4.87. The first-order valence-corrected chi connectivity index (χ1v) is 6.45. The van der Waals surface area contributed by atoms with Gasteiger partial charge in [0.05, 0.1) is 12.2 Å². The number of anilines is 1. The van der Waals surface area contributed by atoms with E-state index in [0.717, 1.165) is 5.56 Å². The van der Waals surface area contributed by atoms with Crippen LogP contribution in [0.15, 0.2) is 48.8 Å². The third-order valence-corrected chi connectivity index (χ3v) is 2.73. The highest BCUT2D eigenvalue weighted by Gasteiger charge is 2.05. The summed E-state index contributed by atoms with van der Waals surface area (Å²) in [5.41, 5.74) is 2.25. The minimum absolute atomic E-state index is 0.0332. The Morgan fingerprint density at radius 2 is 1.86 bits per heavy atom. The molecule has 0 aliphatic rings. The van der Waals surface area contributed by atoms with E-state index in [1.54, 1.807) is 18.3 Å². The number of carbonyl (C=O) groups excluding carboxylic acids is 2. The van der Waals surface area contributed by atoms with E-state index in [-0.39, 0.29) is 18.6 Å².